The summed E-state index contributed by atoms with van der Waals surface area (Å²) in [7, 11) is -3.30. The number of nitrogens with zero attached hydrogens (tertiary/aromatic N) is 2. The minimum Gasteiger partial charge on any atom is -0.497 e. The zero-order valence-corrected chi connectivity index (χ0v) is 22.7. The second-order valence-corrected chi connectivity index (χ2v) is 12.2. The van der Waals surface area contributed by atoms with Crippen LogP contribution in [0.25, 0.3) is 10.9 Å². The van der Waals surface area contributed by atoms with Crippen LogP contribution in [0.3, 0.4) is 0 Å². The molecule has 0 aliphatic carbocycles. The van der Waals surface area contributed by atoms with Crippen LogP contribution in [-0.4, -0.2) is 45.0 Å². The van der Waals surface area contributed by atoms with Gasteiger partial charge in [0.1, 0.15) is 5.75 Å². The number of ether oxygens (including phenoxy) is 1. The number of methoxy groups -OCH3 is 1. The first-order chi connectivity index (χ1) is 19.2. The largest absolute Gasteiger partial charge is 0.497 e. The molecule has 3 aromatic rings. The van der Waals surface area contributed by atoms with Crippen LogP contribution in [0.1, 0.15) is 29.5 Å². The van der Waals surface area contributed by atoms with E-state index in [0.717, 1.165) is 12.0 Å². The van der Waals surface area contributed by atoms with Crippen molar-refractivity contribution >= 4 is 20.9 Å². The molecule has 3 aliphatic heterocycles. The van der Waals surface area contributed by atoms with Crippen molar-refractivity contribution in [3.63, 3.8) is 0 Å². The van der Waals surface area contributed by atoms with Crippen molar-refractivity contribution in [1.82, 2.24) is 14.6 Å². The number of alkyl halides is 6. The molecule has 220 valence electrons. The van der Waals surface area contributed by atoms with Gasteiger partial charge in [-0.05, 0) is 79.3 Å². The summed E-state index contributed by atoms with van der Waals surface area (Å²) in [6.45, 7) is 4.82. The highest BCUT2D eigenvalue weighted by Crippen LogP contribution is 2.49. The fraction of sp³-hybridized carbons (Fsp3) is 0.393. The van der Waals surface area contributed by atoms with Gasteiger partial charge in [-0.25, -0.2) is 13.1 Å². The highest BCUT2D eigenvalue weighted by Gasteiger charge is 2.51. The van der Waals surface area contributed by atoms with Crippen LogP contribution in [0.15, 0.2) is 66.2 Å². The Balaban J connectivity index is 1.60. The molecule has 4 atom stereocenters. The van der Waals surface area contributed by atoms with Gasteiger partial charge in [0.2, 0.25) is 10.0 Å². The summed E-state index contributed by atoms with van der Waals surface area (Å²) in [6.07, 6.45) is -5.60. The minimum absolute atomic E-state index is 0.0990. The zero-order valence-electron chi connectivity index (χ0n) is 21.9. The van der Waals surface area contributed by atoms with Crippen molar-refractivity contribution in [1.29, 1.82) is 0 Å². The van der Waals surface area contributed by atoms with E-state index in [0.29, 0.717) is 36.2 Å². The number of aromatic nitrogens is 1. The molecular weight excluding hydrogens is 572 g/mol. The number of nitrogens with one attached hydrogen (secondary N) is 1. The molecule has 4 heterocycles. The summed E-state index contributed by atoms with van der Waals surface area (Å²) in [5.41, 5.74) is -3.01. The molecule has 1 N–H and O–H groups in total. The first-order valence-electron chi connectivity index (χ1n) is 12.8. The number of sulfonamides is 1. The molecule has 6 nitrogen and oxygen atoms in total. The maximum absolute atomic E-state index is 13.5. The van der Waals surface area contributed by atoms with Gasteiger partial charge in [0, 0.05) is 24.7 Å². The highest BCUT2D eigenvalue weighted by molar-refractivity contribution is 7.89. The highest BCUT2D eigenvalue weighted by atomic mass is 32.2. The van der Waals surface area contributed by atoms with E-state index in [4.69, 9.17) is 4.74 Å². The Morgan fingerprint density at radius 3 is 2.34 bits per heavy atom. The third-order valence-corrected chi connectivity index (χ3v) is 9.57. The Labute approximate surface area is 233 Å². The van der Waals surface area contributed by atoms with Crippen LogP contribution in [-0.2, 0) is 27.9 Å². The summed E-state index contributed by atoms with van der Waals surface area (Å²) in [4.78, 5) is 5.42. The number of halogens is 6. The minimum atomic E-state index is -5.18. The van der Waals surface area contributed by atoms with Crippen molar-refractivity contribution < 1.29 is 39.5 Å². The molecule has 41 heavy (non-hydrogen) atoms. The normalized spacial score (nSPS) is 24.9. The van der Waals surface area contributed by atoms with Crippen molar-refractivity contribution in [3.05, 3.63) is 78.0 Å². The first kappa shape index (κ1) is 29.3. The molecule has 2 bridgehead atoms. The third kappa shape index (κ3) is 5.42. The Morgan fingerprint density at radius 1 is 1.10 bits per heavy atom. The Bertz CT molecular complexity index is 1560. The van der Waals surface area contributed by atoms with Crippen molar-refractivity contribution in [2.24, 2.45) is 11.8 Å². The van der Waals surface area contributed by atoms with Crippen molar-refractivity contribution in [2.75, 3.05) is 26.7 Å². The van der Waals surface area contributed by atoms with Gasteiger partial charge in [-0.3, -0.25) is 9.88 Å². The number of hydrogen-bond acceptors (Lipinski definition) is 5. The molecule has 4 unspecified atom stereocenters. The van der Waals surface area contributed by atoms with E-state index in [1.165, 1.54) is 7.11 Å². The van der Waals surface area contributed by atoms with Gasteiger partial charge in [-0.1, -0.05) is 6.08 Å². The van der Waals surface area contributed by atoms with E-state index in [-0.39, 0.29) is 36.6 Å². The number of fused-ring (bicyclic) bond motifs is 4. The number of pyridine rings is 1. The summed E-state index contributed by atoms with van der Waals surface area (Å²) in [6, 6.07) is 7.39. The van der Waals surface area contributed by atoms with E-state index in [2.05, 4.69) is 21.2 Å². The van der Waals surface area contributed by atoms with Gasteiger partial charge in [-0.2, -0.15) is 26.3 Å². The molecule has 3 fully saturated rings. The smallest absolute Gasteiger partial charge is 0.416 e. The van der Waals surface area contributed by atoms with E-state index in [1.807, 2.05) is 6.08 Å². The standard InChI is InChI=1S/C28H27F6N3O3S/c1-3-17-15-37-9-7-18(17)14-26(37,24-6-8-35-25-5-4-21(40-2)13-23(24)25)16-36-41(38,39)22-11-19(27(29,30)31)10-20(12-22)28(32,33)34/h3-6,8,10-13,17-18,36H,1,7,9,14-16H2,2H3. The first-order valence-corrected chi connectivity index (χ1v) is 14.3. The predicted molar refractivity (Wildman–Crippen MR) is 140 cm³/mol. The van der Waals surface area contributed by atoms with Gasteiger partial charge in [0.05, 0.1) is 34.2 Å². The molecule has 0 saturated carbocycles. The van der Waals surface area contributed by atoms with E-state index < -0.39 is 43.9 Å². The van der Waals surface area contributed by atoms with Crippen LogP contribution in [0.5, 0.6) is 5.75 Å². The lowest BCUT2D eigenvalue weighted by molar-refractivity contribution is -0.143. The van der Waals surface area contributed by atoms with Crippen LogP contribution in [0, 0.1) is 11.8 Å². The van der Waals surface area contributed by atoms with Gasteiger partial charge >= 0.3 is 12.4 Å². The molecular formula is C28H27F6N3O3S. The Morgan fingerprint density at radius 2 is 1.78 bits per heavy atom. The van der Waals surface area contributed by atoms with Crippen LogP contribution in [0.4, 0.5) is 26.3 Å². The summed E-state index contributed by atoms with van der Waals surface area (Å²) in [5.74, 6) is 0.834. The fourth-order valence-electron chi connectivity index (χ4n) is 6.10. The van der Waals surface area contributed by atoms with Crippen molar-refractivity contribution in [3.8, 4) is 5.75 Å². The van der Waals surface area contributed by atoms with Crippen LogP contribution < -0.4 is 9.46 Å². The number of piperidine rings is 3. The second-order valence-electron chi connectivity index (χ2n) is 10.4. The maximum atomic E-state index is 13.5. The summed E-state index contributed by atoms with van der Waals surface area (Å²) >= 11 is 0. The Hall–Kier alpha value is -3.16. The predicted octanol–water partition coefficient (Wildman–Crippen LogP) is 5.98. The molecule has 13 heteroatoms. The molecule has 0 spiro atoms. The van der Waals surface area contributed by atoms with Gasteiger partial charge in [-0.15, -0.1) is 6.58 Å². The quantitative estimate of drug-likeness (QED) is 0.267. The van der Waals surface area contributed by atoms with Gasteiger partial charge < -0.3 is 4.74 Å². The molecule has 0 radical (unpaired) electrons. The second kappa shape index (κ2) is 10.3. The van der Waals surface area contributed by atoms with Crippen molar-refractivity contribution in [2.45, 2.75) is 35.6 Å². The lowest BCUT2D eigenvalue weighted by Gasteiger charge is -2.57. The molecule has 2 aromatic carbocycles. The monoisotopic (exact) mass is 599 g/mol. The van der Waals surface area contributed by atoms with E-state index in [1.54, 1.807) is 30.5 Å². The van der Waals surface area contributed by atoms with Gasteiger partial charge in [0.25, 0.3) is 0 Å². The lowest BCUT2D eigenvalue weighted by Crippen LogP contribution is -2.63. The molecule has 1 aromatic heterocycles. The fourth-order valence-corrected chi connectivity index (χ4v) is 7.26. The molecule has 6 rings (SSSR count). The molecule has 3 saturated heterocycles. The summed E-state index contributed by atoms with van der Waals surface area (Å²) < 4.78 is 115. The topological polar surface area (TPSA) is 71.5 Å². The van der Waals surface area contributed by atoms with Gasteiger partial charge in [0.15, 0.2) is 0 Å². The number of benzene rings is 2. The maximum Gasteiger partial charge on any atom is 0.416 e. The average Bonchev–Trinajstić information content (AvgIpc) is 2.94. The SMILES string of the molecule is C=CC1CN2CCC1CC2(CNS(=O)(=O)c1cc(C(F)(F)F)cc(C(F)(F)F)c1)c1ccnc2ccc(OC)cc12. The zero-order chi connectivity index (χ0) is 29.8. The van der Waals surface area contributed by atoms with E-state index in [9.17, 15) is 34.8 Å². The average molecular weight is 600 g/mol. The summed E-state index contributed by atoms with van der Waals surface area (Å²) in [5, 5.41) is 0.701. The molecule has 0 amide bonds. The lowest BCUT2D eigenvalue weighted by atomic mass is 9.66. The van der Waals surface area contributed by atoms with E-state index >= 15 is 0 Å². The number of rotatable bonds is 7. The van der Waals surface area contributed by atoms with Crippen LogP contribution >= 0.6 is 0 Å². The number of hydrogen-bond donors (Lipinski definition) is 1. The Kier molecular flexibility index (Phi) is 7.36. The molecule has 3 aliphatic rings. The van der Waals surface area contributed by atoms with Crippen LogP contribution in [0.2, 0.25) is 0 Å². The third-order valence-electron chi connectivity index (χ3n) is 8.19.